The average Bonchev–Trinajstić information content (AvgIpc) is 2.64. The lowest BCUT2D eigenvalue weighted by Crippen LogP contribution is -2.46. The van der Waals surface area contributed by atoms with Gasteiger partial charge < -0.3 is 10.2 Å². The van der Waals surface area contributed by atoms with Crippen LogP contribution in [0, 0.1) is 0 Å². The van der Waals surface area contributed by atoms with Crippen molar-refractivity contribution in [3.63, 3.8) is 0 Å². The van der Waals surface area contributed by atoms with Crippen molar-refractivity contribution in [3.8, 4) is 0 Å². The third-order valence-electron chi connectivity index (χ3n) is 4.36. The van der Waals surface area contributed by atoms with E-state index in [1.807, 2.05) is 0 Å². The van der Waals surface area contributed by atoms with Gasteiger partial charge in [0.2, 0.25) is 0 Å². The molecule has 3 rings (SSSR count). The van der Waals surface area contributed by atoms with Crippen molar-refractivity contribution >= 4 is 46.6 Å². The molecule has 1 aliphatic rings. The third-order valence-corrected chi connectivity index (χ3v) is 5.16. The molecule has 0 aromatic heterocycles. The number of carbonyl (C=O) groups is 2. The number of benzene rings is 2. The molecule has 1 aliphatic heterocycles. The normalized spacial score (nSPS) is 15.0. The Kier molecular flexibility index (Phi) is 6.07. The zero-order valence-corrected chi connectivity index (χ0v) is 16.1. The Morgan fingerprint density at radius 1 is 0.962 bits per heavy atom. The molecule has 136 valence electrons. The Bertz CT molecular complexity index is 833. The number of hydrogen-bond donors (Lipinski definition) is 1. The van der Waals surface area contributed by atoms with Crippen molar-refractivity contribution in [3.05, 3.63) is 68.7 Å². The van der Waals surface area contributed by atoms with Crippen LogP contribution in [0.15, 0.2) is 42.5 Å². The molecular weight excluding hydrogens is 395 g/mol. The largest absolute Gasteiger partial charge is 0.349 e. The Hall–Kier alpha value is -1.75. The molecule has 2 aromatic carbocycles. The molecule has 0 spiro atoms. The lowest BCUT2D eigenvalue weighted by Gasteiger charge is -2.32. The monoisotopic (exact) mass is 410 g/mol. The van der Waals surface area contributed by atoms with Gasteiger partial charge in [-0.2, -0.15) is 0 Å². The lowest BCUT2D eigenvalue weighted by atomic mass is 10.0. The van der Waals surface area contributed by atoms with Crippen molar-refractivity contribution in [2.75, 3.05) is 13.1 Å². The summed E-state index contributed by atoms with van der Waals surface area (Å²) in [6.45, 7) is 1.09. The number of halogens is 3. The van der Waals surface area contributed by atoms with Gasteiger partial charge in [0.25, 0.3) is 11.8 Å². The van der Waals surface area contributed by atoms with Crippen LogP contribution in [0.5, 0.6) is 0 Å². The zero-order valence-electron chi connectivity index (χ0n) is 13.8. The molecule has 0 bridgehead atoms. The van der Waals surface area contributed by atoms with Crippen molar-refractivity contribution in [2.24, 2.45) is 0 Å². The number of likely N-dealkylation sites (tertiary alicyclic amines) is 1. The van der Waals surface area contributed by atoms with Gasteiger partial charge in [-0.1, -0.05) is 40.9 Å². The van der Waals surface area contributed by atoms with Gasteiger partial charge in [-0.05, 0) is 49.2 Å². The number of amides is 2. The Morgan fingerprint density at radius 3 is 2.35 bits per heavy atom. The van der Waals surface area contributed by atoms with E-state index in [4.69, 9.17) is 34.8 Å². The van der Waals surface area contributed by atoms with Crippen LogP contribution in [0.4, 0.5) is 0 Å². The van der Waals surface area contributed by atoms with Crippen LogP contribution >= 0.6 is 34.8 Å². The molecule has 26 heavy (non-hydrogen) atoms. The topological polar surface area (TPSA) is 49.4 Å². The Labute approximate surface area is 167 Å². The molecular formula is C19H17Cl3N2O2. The van der Waals surface area contributed by atoms with Gasteiger partial charge in [0, 0.05) is 34.7 Å². The van der Waals surface area contributed by atoms with Crippen molar-refractivity contribution in [2.45, 2.75) is 18.9 Å². The van der Waals surface area contributed by atoms with Crippen LogP contribution in [-0.4, -0.2) is 35.8 Å². The van der Waals surface area contributed by atoms with Gasteiger partial charge in [-0.25, -0.2) is 0 Å². The van der Waals surface area contributed by atoms with Crippen LogP contribution in [0.25, 0.3) is 0 Å². The molecule has 4 nitrogen and oxygen atoms in total. The van der Waals surface area contributed by atoms with Crippen molar-refractivity contribution in [1.82, 2.24) is 10.2 Å². The summed E-state index contributed by atoms with van der Waals surface area (Å²) in [7, 11) is 0. The van der Waals surface area contributed by atoms with Crippen LogP contribution in [0.1, 0.15) is 33.6 Å². The maximum atomic E-state index is 12.6. The molecule has 2 aromatic rings. The van der Waals surface area contributed by atoms with Crippen LogP contribution < -0.4 is 5.32 Å². The minimum atomic E-state index is -0.157. The summed E-state index contributed by atoms with van der Waals surface area (Å²) in [6.07, 6.45) is 1.35. The molecule has 0 saturated carbocycles. The second-order valence-electron chi connectivity index (χ2n) is 6.17. The first-order valence-corrected chi connectivity index (χ1v) is 9.38. The van der Waals surface area contributed by atoms with E-state index in [1.54, 1.807) is 47.4 Å². The predicted molar refractivity (Wildman–Crippen MR) is 104 cm³/mol. The van der Waals surface area contributed by atoms with E-state index >= 15 is 0 Å². The second kappa shape index (κ2) is 8.30. The molecule has 1 N–H and O–H groups in total. The first kappa shape index (κ1) is 19.0. The average molecular weight is 412 g/mol. The molecule has 7 heteroatoms. The minimum absolute atomic E-state index is 0.0142. The Balaban J connectivity index is 1.58. The van der Waals surface area contributed by atoms with Gasteiger partial charge in [0.05, 0.1) is 10.6 Å². The fraction of sp³-hybridized carbons (Fsp3) is 0.263. The van der Waals surface area contributed by atoms with E-state index in [9.17, 15) is 9.59 Å². The first-order chi connectivity index (χ1) is 12.4. The number of piperidine rings is 1. The molecule has 0 radical (unpaired) electrons. The van der Waals surface area contributed by atoms with Gasteiger partial charge in [0.15, 0.2) is 0 Å². The zero-order chi connectivity index (χ0) is 18.7. The smallest absolute Gasteiger partial charge is 0.255 e. The molecule has 1 saturated heterocycles. The standard InChI is InChI=1S/C19H17Cl3N2O2/c20-13-3-1-2-12(10-13)18(25)23-15-6-8-24(9-7-15)19(26)16-11-14(21)4-5-17(16)22/h1-5,10-11,15H,6-9H2,(H,23,25). The number of nitrogens with zero attached hydrogens (tertiary/aromatic N) is 1. The van der Waals surface area contributed by atoms with Crippen LogP contribution in [0.3, 0.4) is 0 Å². The minimum Gasteiger partial charge on any atom is -0.349 e. The molecule has 2 amide bonds. The van der Waals surface area contributed by atoms with Gasteiger partial charge in [-0.15, -0.1) is 0 Å². The quantitative estimate of drug-likeness (QED) is 0.797. The number of rotatable bonds is 3. The summed E-state index contributed by atoms with van der Waals surface area (Å²) < 4.78 is 0. The van der Waals surface area contributed by atoms with E-state index in [1.165, 1.54) is 0 Å². The lowest BCUT2D eigenvalue weighted by molar-refractivity contribution is 0.0698. The van der Waals surface area contributed by atoms with E-state index in [0.717, 1.165) is 0 Å². The fourth-order valence-corrected chi connectivity index (χ4v) is 3.52. The molecule has 0 atom stereocenters. The highest BCUT2D eigenvalue weighted by Gasteiger charge is 2.26. The summed E-state index contributed by atoms with van der Waals surface area (Å²) in [6, 6.07) is 11.7. The van der Waals surface area contributed by atoms with Gasteiger partial charge in [-0.3, -0.25) is 9.59 Å². The summed E-state index contributed by atoms with van der Waals surface area (Å²) >= 11 is 18.0. The SMILES string of the molecule is O=C(NC1CCN(C(=O)c2cc(Cl)ccc2Cl)CC1)c1cccc(Cl)c1. The van der Waals surface area contributed by atoms with E-state index < -0.39 is 0 Å². The summed E-state index contributed by atoms with van der Waals surface area (Å²) in [4.78, 5) is 26.7. The maximum absolute atomic E-state index is 12.6. The number of carbonyl (C=O) groups excluding carboxylic acids is 2. The summed E-state index contributed by atoms with van der Waals surface area (Å²) in [5.41, 5.74) is 0.933. The molecule has 1 heterocycles. The number of hydrogen-bond acceptors (Lipinski definition) is 2. The molecule has 0 aliphatic carbocycles. The number of nitrogens with one attached hydrogen (secondary N) is 1. The van der Waals surface area contributed by atoms with E-state index in [-0.39, 0.29) is 17.9 Å². The van der Waals surface area contributed by atoms with E-state index in [0.29, 0.717) is 52.1 Å². The highest BCUT2D eigenvalue weighted by molar-refractivity contribution is 6.35. The van der Waals surface area contributed by atoms with Gasteiger partial charge >= 0.3 is 0 Å². The maximum Gasteiger partial charge on any atom is 0.255 e. The fourth-order valence-electron chi connectivity index (χ4n) is 2.96. The Morgan fingerprint density at radius 2 is 1.65 bits per heavy atom. The van der Waals surface area contributed by atoms with Gasteiger partial charge in [0.1, 0.15) is 0 Å². The van der Waals surface area contributed by atoms with Crippen LogP contribution in [-0.2, 0) is 0 Å². The summed E-state index contributed by atoms with van der Waals surface area (Å²) in [5, 5.41) is 4.38. The summed E-state index contributed by atoms with van der Waals surface area (Å²) in [5.74, 6) is -0.299. The third kappa shape index (κ3) is 4.50. The molecule has 0 unspecified atom stereocenters. The second-order valence-corrected chi connectivity index (χ2v) is 7.45. The van der Waals surface area contributed by atoms with E-state index in [2.05, 4.69) is 5.32 Å². The van der Waals surface area contributed by atoms with Crippen LogP contribution in [0.2, 0.25) is 15.1 Å². The predicted octanol–water partition coefficient (Wildman–Crippen LogP) is 4.68. The van der Waals surface area contributed by atoms with Crippen molar-refractivity contribution < 1.29 is 9.59 Å². The van der Waals surface area contributed by atoms with Crippen molar-refractivity contribution in [1.29, 1.82) is 0 Å². The molecule has 1 fully saturated rings. The first-order valence-electron chi connectivity index (χ1n) is 8.25. The highest BCUT2D eigenvalue weighted by Crippen LogP contribution is 2.24. The highest BCUT2D eigenvalue weighted by atomic mass is 35.5.